The molecule has 3 amide bonds. The molecule has 0 aliphatic heterocycles. The standard InChI is InChI=1S/C20H22N2O5/c1-14-8-6-7-11-16(14)26-13-12-17(23)27-18(15-9-4-3-5-10-15)19(24)22-20(25)21-2/h3-11,18H,12-13H2,1-2H3,(H2,21,22,24,25)/t18-/m1/s1. The van der Waals surface area contributed by atoms with Crippen molar-refractivity contribution in [1.29, 1.82) is 0 Å². The lowest BCUT2D eigenvalue weighted by Crippen LogP contribution is -2.41. The summed E-state index contributed by atoms with van der Waals surface area (Å²) in [5, 5.41) is 4.41. The lowest BCUT2D eigenvalue weighted by molar-refractivity contribution is -0.156. The molecule has 0 radical (unpaired) electrons. The van der Waals surface area contributed by atoms with Crippen molar-refractivity contribution in [1.82, 2.24) is 10.6 Å². The van der Waals surface area contributed by atoms with E-state index >= 15 is 0 Å². The highest BCUT2D eigenvalue weighted by Crippen LogP contribution is 2.19. The average molecular weight is 370 g/mol. The van der Waals surface area contributed by atoms with Gasteiger partial charge in [-0.25, -0.2) is 4.79 Å². The molecule has 0 saturated heterocycles. The Morgan fingerprint density at radius 1 is 1.00 bits per heavy atom. The number of imide groups is 1. The largest absolute Gasteiger partial charge is 0.493 e. The lowest BCUT2D eigenvalue weighted by Gasteiger charge is -2.17. The van der Waals surface area contributed by atoms with Crippen LogP contribution in [0.5, 0.6) is 5.75 Å². The minimum absolute atomic E-state index is 0.0368. The zero-order valence-corrected chi connectivity index (χ0v) is 15.2. The summed E-state index contributed by atoms with van der Waals surface area (Å²) in [5.74, 6) is -0.652. The number of urea groups is 1. The van der Waals surface area contributed by atoms with Gasteiger partial charge >= 0.3 is 12.0 Å². The van der Waals surface area contributed by atoms with E-state index in [0.29, 0.717) is 11.3 Å². The highest BCUT2D eigenvalue weighted by molar-refractivity contribution is 5.97. The third-order valence-electron chi connectivity index (χ3n) is 3.71. The number of ether oxygens (including phenoxy) is 2. The van der Waals surface area contributed by atoms with Crippen LogP contribution >= 0.6 is 0 Å². The molecule has 0 fully saturated rings. The molecule has 0 aliphatic carbocycles. The third-order valence-corrected chi connectivity index (χ3v) is 3.71. The predicted octanol–water partition coefficient (Wildman–Crippen LogP) is 2.50. The number of nitrogens with one attached hydrogen (secondary N) is 2. The Kier molecular flexibility index (Phi) is 7.37. The molecule has 2 N–H and O–H groups in total. The van der Waals surface area contributed by atoms with Crippen LogP contribution in [0.1, 0.15) is 23.7 Å². The normalized spacial score (nSPS) is 11.2. The molecule has 27 heavy (non-hydrogen) atoms. The number of hydrogen-bond acceptors (Lipinski definition) is 5. The van der Waals surface area contributed by atoms with Gasteiger partial charge in [0.2, 0.25) is 6.10 Å². The van der Waals surface area contributed by atoms with Crippen molar-refractivity contribution in [2.75, 3.05) is 13.7 Å². The van der Waals surface area contributed by atoms with Crippen molar-refractivity contribution < 1.29 is 23.9 Å². The Balaban J connectivity index is 1.97. The fraction of sp³-hybridized carbons (Fsp3) is 0.250. The first-order chi connectivity index (χ1) is 13.0. The van der Waals surface area contributed by atoms with E-state index in [1.165, 1.54) is 7.05 Å². The van der Waals surface area contributed by atoms with Crippen LogP contribution in [0, 0.1) is 6.92 Å². The first kappa shape index (κ1) is 20.0. The van der Waals surface area contributed by atoms with E-state index in [0.717, 1.165) is 5.56 Å². The van der Waals surface area contributed by atoms with E-state index in [2.05, 4.69) is 10.6 Å². The van der Waals surface area contributed by atoms with Crippen molar-refractivity contribution in [3.63, 3.8) is 0 Å². The number of rotatable bonds is 7. The maximum absolute atomic E-state index is 12.3. The van der Waals surface area contributed by atoms with Gasteiger partial charge in [0.25, 0.3) is 5.91 Å². The lowest BCUT2D eigenvalue weighted by atomic mass is 10.1. The highest BCUT2D eigenvalue weighted by atomic mass is 16.6. The van der Waals surface area contributed by atoms with Gasteiger partial charge in [0.05, 0.1) is 13.0 Å². The summed E-state index contributed by atoms with van der Waals surface area (Å²) in [6.07, 6.45) is -1.26. The van der Waals surface area contributed by atoms with E-state index in [4.69, 9.17) is 9.47 Å². The van der Waals surface area contributed by atoms with Crippen molar-refractivity contribution in [2.45, 2.75) is 19.4 Å². The van der Waals surface area contributed by atoms with Crippen LogP contribution in [-0.4, -0.2) is 31.6 Å². The van der Waals surface area contributed by atoms with Crippen molar-refractivity contribution in [3.8, 4) is 5.75 Å². The van der Waals surface area contributed by atoms with Crippen LogP contribution in [0.15, 0.2) is 54.6 Å². The molecule has 0 aliphatic rings. The van der Waals surface area contributed by atoms with E-state index < -0.39 is 24.0 Å². The van der Waals surface area contributed by atoms with Crippen molar-refractivity contribution >= 4 is 17.9 Å². The minimum atomic E-state index is -1.23. The maximum atomic E-state index is 12.3. The molecule has 0 bridgehead atoms. The van der Waals surface area contributed by atoms with E-state index in [1.54, 1.807) is 30.3 Å². The summed E-state index contributed by atoms with van der Waals surface area (Å²) in [7, 11) is 1.38. The first-order valence-corrected chi connectivity index (χ1v) is 8.46. The molecular weight excluding hydrogens is 348 g/mol. The Hall–Kier alpha value is -3.35. The van der Waals surface area contributed by atoms with Crippen LogP contribution in [0.3, 0.4) is 0 Å². The topological polar surface area (TPSA) is 93.7 Å². The molecule has 142 valence electrons. The molecule has 2 rings (SSSR count). The number of carbonyl (C=O) groups excluding carboxylic acids is 3. The van der Waals surface area contributed by atoms with Gasteiger partial charge in [-0.3, -0.25) is 14.9 Å². The van der Waals surface area contributed by atoms with Crippen LogP contribution < -0.4 is 15.4 Å². The Morgan fingerprint density at radius 3 is 2.33 bits per heavy atom. The quantitative estimate of drug-likeness (QED) is 0.731. The van der Waals surface area contributed by atoms with Gasteiger partial charge in [-0.15, -0.1) is 0 Å². The fourth-order valence-electron chi connectivity index (χ4n) is 2.29. The van der Waals surface area contributed by atoms with E-state index in [1.807, 2.05) is 31.2 Å². The molecule has 0 heterocycles. The van der Waals surface area contributed by atoms with Gasteiger partial charge in [0, 0.05) is 12.6 Å². The second-order valence-electron chi connectivity index (χ2n) is 5.71. The predicted molar refractivity (Wildman–Crippen MR) is 99.2 cm³/mol. The summed E-state index contributed by atoms with van der Waals surface area (Å²) in [6, 6.07) is 15.3. The molecule has 1 atom stereocenters. The molecule has 7 nitrogen and oxygen atoms in total. The zero-order chi connectivity index (χ0) is 19.6. The van der Waals surface area contributed by atoms with Gasteiger partial charge in [-0.2, -0.15) is 0 Å². The Bertz CT molecular complexity index is 792. The van der Waals surface area contributed by atoms with Crippen LogP contribution in [-0.2, 0) is 14.3 Å². The fourth-order valence-corrected chi connectivity index (χ4v) is 2.29. The smallest absolute Gasteiger partial charge is 0.321 e. The number of amides is 3. The summed E-state index contributed by atoms with van der Waals surface area (Å²) < 4.78 is 10.9. The molecule has 0 spiro atoms. The summed E-state index contributed by atoms with van der Waals surface area (Å²) in [6.45, 7) is 2.02. The van der Waals surface area contributed by atoms with Gasteiger partial charge in [0.1, 0.15) is 5.75 Å². The molecule has 0 unspecified atom stereocenters. The number of benzene rings is 2. The van der Waals surface area contributed by atoms with Crippen molar-refractivity contribution in [2.24, 2.45) is 0 Å². The second-order valence-corrected chi connectivity index (χ2v) is 5.71. The summed E-state index contributed by atoms with van der Waals surface area (Å²) >= 11 is 0. The Labute approximate surface area is 157 Å². The SMILES string of the molecule is CNC(=O)NC(=O)[C@H](OC(=O)CCOc1ccccc1C)c1ccccc1. The number of aryl methyl sites for hydroxylation is 1. The number of carbonyl (C=O) groups is 3. The zero-order valence-electron chi connectivity index (χ0n) is 15.2. The van der Waals surface area contributed by atoms with E-state index in [9.17, 15) is 14.4 Å². The molecule has 0 aromatic heterocycles. The third kappa shape index (κ3) is 6.14. The number of para-hydroxylation sites is 1. The van der Waals surface area contributed by atoms with Gasteiger partial charge < -0.3 is 14.8 Å². The first-order valence-electron chi connectivity index (χ1n) is 8.46. The maximum Gasteiger partial charge on any atom is 0.321 e. The minimum Gasteiger partial charge on any atom is -0.493 e. The second kappa shape index (κ2) is 9.96. The number of hydrogen-bond donors (Lipinski definition) is 2. The van der Waals surface area contributed by atoms with Crippen LogP contribution in [0.4, 0.5) is 4.79 Å². The Morgan fingerprint density at radius 2 is 1.67 bits per heavy atom. The van der Waals surface area contributed by atoms with Gasteiger partial charge in [0.15, 0.2) is 0 Å². The van der Waals surface area contributed by atoms with Crippen LogP contribution in [0.2, 0.25) is 0 Å². The highest BCUT2D eigenvalue weighted by Gasteiger charge is 2.26. The van der Waals surface area contributed by atoms with Crippen LogP contribution in [0.25, 0.3) is 0 Å². The monoisotopic (exact) mass is 370 g/mol. The molecule has 7 heteroatoms. The summed E-state index contributed by atoms with van der Waals surface area (Å²) in [5.41, 5.74) is 1.42. The average Bonchev–Trinajstić information content (AvgIpc) is 2.68. The van der Waals surface area contributed by atoms with Gasteiger partial charge in [-0.05, 0) is 18.6 Å². The van der Waals surface area contributed by atoms with Crippen molar-refractivity contribution in [3.05, 3.63) is 65.7 Å². The molecule has 0 saturated carbocycles. The molecule has 2 aromatic carbocycles. The molecular formula is C20H22N2O5. The summed E-state index contributed by atoms with van der Waals surface area (Å²) in [4.78, 5) is 35.9. The number of esters is 1. The molecule has 2 aromatic rings. The van der Waals surface area contributed by atoms with Gasteiger partial charge in [-0.1, -0.05) is 48.5 Å². The van der Waals surface area contributed by atoms with E-state index in [-0.39, 0.29) is 13.0 Å².